The summed E-state index contributed by atoms with van der Waals surface area (Å²) in [6.07, 6.45) is 4.97. The van der Waals surface area contributed by atoms with Crippen LogP contribution in [0.15, 0.2) is 71.6 Å². The summed E-state index contributed by atoms with van der Waals surface area (Å²) in [4.78, 5) is 29.1. The van der Waals surface area contributed by atoms with Crippen molar-refractivity contribution in [3.8, 4) is 11.5 Å². The molecule has 3 aromatic carbocycles. The van der Waals surface area contributed by atoms with Crippen molar-refractivity contribution in [1.82, 2.24) is 10.2 Å². The number of ether oxygens (including phenoxy) is 2. The normalized spacial score (nSPS) is 15.7. The summed E-state index contributed by atoms with van der Waals surface area (Å²) < 4.78 is 40.4. The van der Waals surface area contributed by atoms with Crippen LogP contribution in [-0.4, -0.2) is 57.0 Å². The molecule has 2 aliphatic rings. The van der Waals surface area contributed by atoms with Crippen LogP contribution in [0, 0.1) is 0 Å². The number of hydrogen-bond donors (Lipinski definition) is 1. The summed E-state index contributed by atoms with van der Waals surface area (Å²) in [6, 6.07) is 16.7. The number of carbonyl (C=O) groups is 2. The Balaban J connectivity index is 1.49. The number of halogens is 2. The summed E-state index contributed by atoms with van der Waals surface area (Å²) in [5, 5.41) is 3.76. The zero-order valence-electron chi connectivity index (χ0n) is 24.4. The second-order valence-electron chi connectivity index (χ2n) is 10.9. The Morgan fingerprint density at radius 2 is 1.61 bits per heavy atom. The number of sulfonamides is 1. The highest BCUT2D eigenvalue weighted by molar-refractivity contribution is 7.92. The van der Waals surface area contributed by atoms with Crippen LogP contribution < -0.4 is 19.1 Å². The molecule has 0 aromatic heterocycles. The highest BCUT2D eigenvalue weighted by Crippen LogP contribution is 2.36. The fourth-order valence-corrected chi connectivity index (χ4v) is 7.17. The highest BCUT2D eigenvalue weighted by Gasteiger charge is 2.34. The first-order valence-electron chi connectivity index (χ1n) is 14.6. The first kappa shape index (κ1) is 31.9. The molecule has 0 bridgehead atoms. The van der Waals surface area contributed by atoms with Crippen LogP contribution in [0.1, 0.15) is 44.6 Å². The monoisotopic (exact) mass is 659 g/mol. The van der Waals surface area contributed by atoms with Gasteiger partial charge in [0.1, 0.15) is 25.8 Å². The Bertz CT molecular complexity index is 1600. The molecule has 1 atom stereocenters. The molecule has 0 unspecified atom stereocenters. The maximum Gasteiger partial charge on any atom is 0.264 e. The number of carbonyl (C=O) groups excluding carboxylic acids is 2. The molecule has 5 rings (SSSR count). The standard InChI is InChI=1S/C32H35Cl2N3O6S/c1-22(32(39)35-24-8-4-2-5-9-24)36(20-23-12-14-27(33)28(34)18-23)31(38)21-37(44(40,41)26-10-6-3-7-11-26)25-13-15-29-30(19-25)43-17-16-42-29/h3,6-7,10-15,18-19,22,24H,2,4-5,8-9,16-17,20-21H2,1H3,(H,35,39)/t22-/m0/s1. The van der Waals surface area contributed by atoms with Gasteiger partial charge in [-0.2, -0.15) is 0 Å². The van der Waals surface area contributed by atoms with Gasteiger partial charge in [0.25, 0.3) is 10.0 Å². The molecule has 44 heavy (non-hydrogen) atoms. The molecule has 3 aromatic rings. The van der Waals surface area contributed by atoms with Crippen molar-refractivity contribution in [2.45, 2.75) is 62.6 Å². The third kappa shape index (κ3) is 7.42. The van der Waals surface area contributed by atoms with Crippen LogP contribution in [0.4, 0.5) is 5.69 Å². The van der Waals surface area contributed by atoms with Crippen molar-refractivity contribution in [3.05, 3.63) is 82.3 Å². The molecule has 1 saturated carbocycles. The minimum atomic E-state index is -4.21. The van der Waals surface area contributed by atoms with Gasteiger partial charge in [-0.15, -0.1) is 0 Å². The first-order valence-corrected chi connectivity index (χ1v) is 16.8. The zero-order valence-corrected chi connectivity index (χ0v) is 26.7. The van der Waals surface area contributed by atoms with Gasteiger partial charge in [0.15, 0.2) is 11.5 Å². The van der Waals surface area contributed by atoms with Crippen molar-refractivity contribution >= 4 is 50.7 Å². The molecule has 0 saturated heterocycles. The number of nitrogens with zero attached hydrogens (tertiary/aromatic N) is 2. The van der Waals surface area contributed by atoms with Gasteiger partial charge in [-0.05, 0) is 61.7 Å². The van der Waals surface area contributed by atoms with E-state index in [1.165, 1.54) is 17.0 Å². The highest BCUT2D eigenvalue weighted by atomic mass is 35.5. The van der Waals surface area contributed by atoms with Crippen molar-refractivity contribution in [2.75, 3.05) is 24.1 Å². The van der Waals surface area contributed by atoms with Gasteiger partial charge in [-0.25, -0.2) is 8.42 Å². The number of rotatable bonds is 10. The molecule has 9 nitrogen and oxygen atoms in total. The average Bonchev–Trinajstić information content (AvgIpc) is 3.04. The van der Waals surface area contributed by atoms with E-state index in [2.05, 4.69) is 5.32 Å². The molecule has 1 fully saturated rings. The van der Waals surface area contributed by atoms with Crippen molar-refractivity contribution in [3.63, 3.8) is 0 Å². The largest absolute Gasteiger partial charge is 0.486 e. The summed E-state index contributed by atoms with van der Waals surface area (Å²) in [7, 11) is -4.21. The summed E-state index contributed by atoms with van der Waals surface area (Å²) in [5.74, 6) is -0.0149. The third-order valence-corrected chi connectivity index (χ3v) is 10.4. The SMILES string of the molecule is C[C@@H](C(=O)NC1CCCCC1)N(Cc1ccc(Cl)c(Cl)c1)C(=O)CN(c1ccc2c(c1)OCCO2)S(=O)(=O)c1ccccc1. The quantitative estimate of drug-likeness (QED) is 0.294. The Kier molecular flexibility index (Phi) is 10.2. The first-order chi connectivity index (χ1) is 21.1. The minimum Gasteiger partial charge on any atom is -0.486 e. The van der Waals surface area contributed by atoms with E-state index in [1.54, 1.807) is 61.5 Å². The molecule has 1 N–H and O–H groups in total. The summed E-state index contributed by atoms with van der Waals surface area (Å²) >= 11 is 12.4. The van der Waals surface area contributed by atoms with Gasteiger partial charge in [0.2, 0.25) is 11.8 Å². The minimum absolute atomic E-state index is 0.00926. The Labute approximate surface area is 268 Å². The molecule has 2 amide bonds. The van der Waals surface area contributed by atoms with E-state index in [0.29, 0.717) is 40.3 Å². The second kappa shape index (κ2) is 14.1. The summed E-state index contributed by atoms with van der Waals surface area (Å²) in [6.45, 7) is 1.77. The smallest absolute Gasteiger partial charge is 0.264 e. The predicted octanol–water partition coefficient (Wildman–Crippen LogP) is 5.83. The fourth-order valence-electron chi connectivity index (χ4n) is 5.42. The van der Waals surface area contributed by atoms with E-state index in [0.717, 1.165) is 36.4 Å². The molecule has 234 valence electrons. The molecule has 1 heterocycles. The summed E-state index contributed by atoms with van der Waals surface area (Å²) in [5.41, 5.74) is 0.863. The van der Waals surface area contributed by atoms with E-state index in [1.807, 2.05) is 0 Å². The van der Waals surface area contributed by atoms with Crippen LogP contribution in [0.5, 0.6) is 11.5 Å². The van der Waals surface area contributed by atoms with Crippen LogP contribution in [0.3, 0.4) is 0 Å². The third-order valence-electron chi connectivity index (χ3n) is 7.88. The van der Waals surface area contributed by atoms with Crippen molar-refractivity contribution < 1.29 is 27.5 Å². The van der Waals surface area contributed by atoms with Gasteiger partial charge in [-0.1, -0.05) is 66.7 Å². The lowest BCUT2D eigenvalue weighted by Crippen LogP contribution is -2.53. The Morgan fingerprint density at radius 3 is 2.32 bits per heavy atom. The van der Waals surface area contributed by atoms with Gasteiger partial charge in [-0.3, -0.25) is 13.9 Å². The number of nitrogens with one attached hydrogen (secondary N) is 1. The Morgan fingerprint density at radius 1 is 0.909 bits per heavy atom. The Hall–Kier alpha value is -3.47. The maximum absolute atomic E-state index is 14.2. The predicted molar refractivity (Wildman–Crippen MR) is 170 cm³/mol. The average molecular weight is 661 g/mol. The van der Waals surface area contributed by atoms with E-state index < -0.39 is 28.5 Å². The van der Waals surface area contributed by atoms with E-state index in [4.69, 9.17) is 32.7 Å². The van der Waals surface area contributed by atoms with E-state index >= 15 is 0 Å². The van der Waals surface area contributed by atoms with Gasteiger partial charge in [0.05, 0.1) is 20.6 Å². The van der Waals surface area contributed by atoms with Crippen LogP contribution >= 0.6 is 23.2 Å². The van der Waals surface area contributed by atoms with E-state index in [-0.39, 0.29) is 29.1 Å². The second-order valence-corrected chi connectivity index (χ2v) is 13.6. The molecule has 0 radical (unpaired) electrons. The number of fused-ring (bicyclic) bond motifs is 1. The van der Waals surface area contributed by atoms with Crippen LogP contribution in [0.2, 0.25) is 10.0 Å². The lowest BCUT2D eigenvalue weighted by Gasteiger charge is -2.33. The van der Waals surface area contributed by atoms with Crippen LogP contribution in [-0.2, 0) is 26.2 Å². The number of benzene rings is 3. The van der Waals surface area contributed by atoms with Crippen molar-refractivity contribution in [2.24, 2.45) is 0 Å². The molecule has 0 spiro atoms. The lowest BCUT2D eigenvalue weighted by atomic mass is 9.95. The number of anilines is 1. The van der Waals surface area contributed by atoms with E-state index in [9.17, 15) is 18.0 Å². The molecule has 12 heteroatoms. The lowest BCUT2D eigenvalue weighted by molar-refractivity contribution is -0.139. The van der Waals surface area contributed by atoms with Gasteiger partial charge in [0, 0.05) is 18.7 Å². The number of amides is 2. The molecule has 1 aliphatic carbocycles. The van der Waals surface area contributed by atoms with Gasteiger partial charge >= 0.3 is 0 Å². The number of hydrogen-bond acceptors (Lipinski definition) is 6. The maximum atomic E-state index is 14.2. The zero-order chi connectivity index (χ0) is 31.3. The topological polar surface area (TPSA) is 105 Å². The molecular formula is C32H35Cl2N3O6S. The van der Waals surface area contributed by atoms with Crippen molar-refractivity contribution in [1.29, 1.82) is 0 Å². The molecule has 1 aliphatic heterocycles. The molecular weight excluding hydrogens is 625 g/mol. The van der Waals surface area contributed by atoms with Gasteiger partial charge < -0.3 is 19.7 Å². The van der Waals surface area contributed by atoms with Crippen LogP contribution in [0.25, 0.3) is 0 Å². The fraction of sp³-hybridized carbons (Fsp3) is 0.375.